The maximum atomic E-state index is 12.7. The molecule has 0 aromatic carbocycles. The Labute approximate surface area is 187 Å². The van der Waals surface area contributed by atoms with Gasteiger partial charge in [0, 0.05) is 57.3 Å². The zero-order chi connectivity index (χ0) is 22.1. The number of carbonyl (C=O) groups is 2. The van der Waals surface area contributed by atoms with E-state index < -0.39 is 0 Å². The van der Waals surface area contributed by atoms with Crippen molar-refractivity contribution >= 4 is 17.8 Å². The minimum Gasteiger partial charge on any atom is -0.356 e. The third-order valence-corrected chi connectivity index (χ3v) is 6.82. The van der Waals surface area contributed by atoms with Crippen molar-refractivity contribution in [2.45, 2.75) is 51.4 Å². The van der Waals surface area contributed by atoms with Crippen LogP contribution in [0.4, 0.5) is 5.95 Å². The molecule has 0 N–H and O–H groups in total. The molecule has 32 heavy (non-hydrogen) atoms. The lowest BCUT2D eigenvalue weighted by molar-refractivity contribution is -0.139. The average Bonchev–Trinajstić information content (AvgIpc) is 3.57. The molecule has 5 heterocycles. The van der Waals surface area contributed by atoms with Crippen LogP contribution in [0.5, 0.6) is 0 Å². The van der Waals surface area contributed by atoms with E-state index in [4.69, 9.17) is 9.51 Å². The first-order valence-electron chi connectivity index (χ1n) is 11.7. The van der Waals surface area contributed by atoms with Crippen LogP contribution < -0.4 is 4.90 Å². The van der Waals surface area contributed by atoms with Crippen LogP contribution in [0, 0.1) is 6.92 Å². The van der Waals surface area contributed by atoms with Crippen molar-refractivity contribution in [2.24, 2.45) is 0 Å². The number of aryl methyl sites for hydroxylation is 1. The summed E-state index contributed by atoms with van der Waals surface area (Å²) in [5.74, 6) is 1.83. The Morgan fingerprint density at radius 1 is 1.12 bits per heavy atom. The third kappa shape index (κ3) is 4.20. The summed E-state index contributed by atoms with van der Waals surface area (Å²) in [4.78, 5) is 40.1. The van der Waals surface area contributed by atoms with Gasteiger partial charge in [-0.3, -0.25) is 9.59 Å². The number of rotatable bonds is 5. The van der Waals surface area contributed by atoms with Crippen molar-refractivity contribution in [2.75, 3.05) is 44.2 Å². The van der Waals surface area contributed by atoms with E-state index in [9.17, 15) is 9.59 Å². The quantitative estimate of drug-likeness (QED) is 0.707. The molecule has 0 atom stereocenters. The number of piperidine rings is 1. The van der Waals surface area contributed by atoms with Gasteiger partial charge < -0.3 is 19.2 Å². The number of likely N-dealkylation sites (tertiary alicyclic amines) is 2. The molecule has 0 unspecified atom stereocenters. The summed E-state index contributed by atoms with van der Waals surface area (Å²) in [6.07, 6.45) is 7.28. The highest BCUT2D eigenvalue weighted by atomic mass is 16.5. The van der Waals surface area contributed by atoms with Gasteiger partial charge >= 0.3 is 0 Å². The molecule has 170 valence electrons. The monoisotopic (exact) mass is 438 g/mol. The fourth-order valence-electron chi connectivity index (χ4n) is 4.98. The Balaban J connectivity index is 1.32. The summed E-state index contributed by atoms with van der Waals surface area (Å²) in [7, 11) is 0. The van der Waals surface area contributed by atoms with E-state index in [1.807, 2.05) is 24.1 Å². The van der Waals surface area contributed by atoms with Gasteiger partial charge in [-0.25, -0.2) is 9.97 Å². The normalized spacial score (nSPS) is 19.9. The van der Waals surface area contributed by atoms with Crippen LogP contribution in [0.3, 0.4) is 0 Å². The highest BCUT2D eigenvalue weighted by molar-refractivity contribution is 5.86. The molecule has 0 saturated carbocycles. The van der Waals surface area contributed by atoms with Gasteiger partial charge in [0.25, 0.3) is 0 Å². The van der Waals surface area contributed by atoms with Crippen LogP contribution in [0.15, 0.2) is 16.8 Å². The van der Waals surface area contributed by atoms with E-state index in [2.05, 4.69) is 15.0 Å². The molecule has 0 bridgehead atoms. The summed E-state index contributed by atoms with van der Waals surface area (Å²) in [6, 6.07) is 1.92. The van der Waals surface area contributed by atoms with Gasteiger partial charge in [-0.1, -0.05) is 5.16 Å². The second kappa shape index (κ2) is 8.88. The van der Waals surface area contributed by atoms with Crippen molar-refractivity contribution in [3.63, 3.8) is 0 Å². The molecule has 2 amide bonds. The number of hydrogen-bond acceptors (Lipinski definition) is 7. The first-order chi connectivity index (χ1) is 15.6. The van der Waals surface area contributed by atoms with Crippen LogP contribution in [0.25, 0.3) is 11.3 Å². The predicted octanol–water partition coefficient (Wildman–Crippen LogP) is 2.37. The SMILES string of the molecule is Cc1cc(-c2cnc(N3CCCC3)nc2C2CCN(C(=O)CN3CCCC3=O)CC2)on1. The number of aromatic nitrogens is 3. The van der Waals surface area contributed by atoms with Crippen LogP contribution in [0.2, 0.25) is 0 Å². The molecular formula is C23H30N6O3. The highest BCUT2D eigenvalue weighted by Gasteiger charge is 2.31. The van der Waals surface area contributed by atoms with Crippen LogP contribution in [0.1, 0.15) is 55.8 Å². The van der Waals surface area contributed by atoms with Gasteiger partial charge in [0.2, 0.25) is 17.8 Å². The van der Waals surface area contributed by atoms with Crippen molar-refractivity contribution in [3.05, 3.63) is 23.7 Å². The average molecular weight is 439 g/mol. The smallest absolute Gasteiger partial charge is 0.242 e. The van der Waals surface area contributed by atoms with Crippen molar-refractivity contribution in [1.82, 2.24) is 24.9 Å². The number of nitrogens with zero attached hydrogens (tertiary/aromatic N) is 6. The summed E-state index contributed by atoms with van der Waals surface area (Å²) >= 11 is 0. The Morgan fingerprint density at radius 3 is 2.56 bits per heavy atom. The summed E-state index contributed by atoms with van der Waals surface area (Å²) in [6.45, 7) is 6.12. The number of hydrogen-bond donors (Lipinski definition) is 0. The van der Waals surface area contributed by atoms with Crippen LogP contribution >= 0.6 is 0 Å². The van der Waals surface area contributed by atoms with E-state index in [0.29, 0.717) is 31.8 Å². The van der Waals surface area contributed by atoms with Gasteiger partial charge in [0.15, 0.2) is 5.76 Å². The lowest BCUT2D eigenvalue weighted by Crippen LogP contribution is -2.44. The van der Waals surface area contributed by atoms with Crippen molar-refractivity contribution in [3.8, 4) is 11.3 Å². The Hall–Kier alpha value is -2.97. The summed E-state index contributed by atoms with van der Waals surface area (Å²) in [5, 5.41) is 4.04. The molecule has 0 aliphatic carbocycles. The highest BCUT2D eigenvalue weighted by Crippen LogP contribution is 2.35. The zero-order valence-corrected chi connectivity index (χ0v) is 18.6. The number of amides is 2. The molecule has 2 aromatic heterocycles. The molecule has 0 spiro atoms. The predicted molar refractivity (Wildman–Crippen MR) is 118 cm³/mol. The van der Waals surface area contributed by atoms with Gasteiger partial charge in [0.1, 0.15) is 0 Å². The van der Waals surface area contributed by atoms with Gasteiger partial charge in [-0.05, 0) is 39.0 Å². The fourth-order valence-corrected chi connectivity index (χ4v) is 4.98. The van der Waals surface area contributed by atoms with Crippen LogP contribution in [-0.4, -0.2) is 76.0 Å². The van der Waals surface area contributed by atoms with E-state index in [1.54, 1.807) is 4.90 Å². The minimum absolute atomic E-state index is 0.0465. The molecule has 3 aliphatic rings. The second-order valence-corrected chi connectivity index (χ2v) is 9.07. The second-order valence-electron chi connectivity index (χ2n) is 9.07. The number of anilines is 1. The van der Waals surface area contributed by atoms with Crippen LogP contribution in [-0.2, 0) is 9.59 Å². The molecule has 3 saturated heterocycles. The number of carbonyl (C=O) groups excluding carboxylic acids is 2. The Morgan fingerprint density at radius 2 is 1.91 bits per heavy atom. The first kappa shape index (κ1) is 20.9. The molecule has 3 fully saturated rings. The summed E-state index contributed by atoms with van der Waals surface area (Å²) < 4.78 is 5.55. The molecule has 5 rings (SSSR count). The summed E-state index contributed by atoms with van der Waals surface area (Å²) in [5.41, 5.74) is 2.70. The lowest BCUT2D eigenvalue weighted by Gasteiger charge is -2.33. The lowest BCUT2D eigenvalue weighted by atomic mass is 9.90. The maximum absolute atomic E-state index is 12.7. The molecule has 0 radical (unpaired) electrons. The van der Waals surface area contributed by atoms with Gasteiger partial charge in [-0.2, -0.15) is 0 Å². The zero-order valence-electron chi connectivity index (χ0n) is 18.6. The molecule has 9 nitrogen and oxygen atoms in total. The van der Waals surface area contributed by atoms with Gasteiger partial charge in [-0.15, -0.1) is 0 Å². The molecular weight excluding hydrogens is 408 g/mol. The van der Waals surface area contributed by atoms with E-state index in [1.165, 1.54) is 12.8 Å². The van der Waals surface area contributed by atoms with Crippen molar-refractivity contribution < 1.29 is 14.1 Å². The Bertz CT molecular complexity index is 991. The fraction of sp³-hybridized carbons (Fsp3) is 0.609. The molecule has 9 heteroatoms. The molecule has 3 aliphatic heterocycles. The van der Waals surface area contributed by atoms with E-state index >= 15 is 0 Å². The van der Waals surface area contributed by atoms with Crippen molar-refractivity contribution in [1.29, 1.82) is 0 Å². The first-order valence-corrected chi connectivity index (χ1v) is 11.7. The van der Waals surface area contributed by atoms with E-state index in [-0.39, 0.29) is 24.3 Å². The van der Waals surface area contributed by atoms with E-state index in [0.717, 1.165) is 55.3 Å². The third-order valence-electron chi connectivity index (χ3n) is 6.82. The molecule has 2 aromatic rings. The maximum Gasteiger partial charge on any atom is 0.242 e. The topological polar surface area (TPSA) is 95.7 Å². The Kier molecular flexibility index (Phi) is 5.80. The standard InChI is InChI=1S/C23H30N6O3/c1-16-13-19(32-26-16)18-14-24-23(28-8-2-3-9-28)25-22(18)17-6-11-27(12-7-17)21(31)15-29-10-4-5-20(29)30/h13-14,17H,2-12,15H2,1H3. The van der Waals surface area contributed by atoms with Gasteiger partial charge in [0.05, 0.1) is 23.5 Å². The minimum atomic E-state index is 0.0465. The largest absolute Gasteiger partial charge is 0.356 e.